The summed E-state index contributed by atoms with van der Waals surface area (Å²) < 4.78 is 19.2. The van der Waals surface area contributed by atoms with Crippen LogP contribution in [0.4, 0.5) is 4.39 Å². The maximum absolute atomic E-state index is 12.8. The average molecular weight is 343 g/mol. The van der Waals surface area contributed by atoms with Crippen LogP contribution < -0.4 is 0 Å². The molecule has 2 aromatic rings. The molecule has 0 aliphatic rings. The van der Waals surface area contributed by atoms with Crippen molar-refractivity contribution in [1.29, 1.82) is 0 Å². The molecule has 6 heteroatoms. The predicted octanol–water partition coefficient (Wildman–Crippen LogP) is 3.78. The van der Waals surface area contributed by atoms with Crippen LogP contribution in [-0.4, -0.2) is 17.1 Å². The molecule has 1 N–H and O–H groups in total. The fourth-order valence-electron chi connectivity index (χ4n) is 1.68. The molecule has 0 aliphatic carbocycles. The molecular weight excluding hydrogens is 331 g/mol. The molecule has 0 bridgehead atoms. The van der Waals surface area contributed by atoms with Gasteiger partial charge in [0, 0.05) is 13.5 Å². The van der Waals surface area contributed by atoms with E-state index in [0.717, 1.165) is 21.6 Å². The first kappa shape index (κ1) is 14.3. The molecule has 100 valence electrons. The zero-order valence-electron chi connectivity index (χ0n) is 10.2. The molecule has 1 heterocycles. The molecule has 0 radical (unpaired) electrons. The van der Waals surface area contributed by atoms with E-state index in [1.165, 1.54) is 12.1 Å². The van der Waals surface area contributed by atoms with Gasteiger partial charge in [-0.1, -0.05) is 24.4 Å². The number of hydrogen-bond donors (Lipinski definition) is 1. The van der Waals surface area contributed by atoms with Gasteiger partial charge in [0.05, 0.1) is 16.8 Å². The van der Waals surface area contributed by atoms with E-state index in [9.17, 15) is 4.39 Å². The van der Waals surface area contributed by atoms with Gasteiger partial charge in [-0.15, -0.1) is 0 Å². The number of ether oxygens (including phenoxy) is 1. The van der Waals surface area contributed by atoms with Crippen molar-refractivity contribution >= 4 is 28.1 Å². The van der Waals surface area contributed by atoms with Crippen molar-refractivity contribution in [2.24, 2.45) is 0 Å². The molecule has 0 atom stereocenters. The summed E-state index contributed by atoms with van der Waals surface area (Å²) in [5, 5.41) is 0. The van der Waals surface area contributed by atoms with E-state index >= 15 is 0 Å². The monoisotopic (exact) mass is 342 g/mol. The van der Waals surface area contributed by atoms with Crippen LogP contribution in [0.3, 0.4) is 0 Å². The Morgan fingerprint density at radius 1 is 1.37 bits per heavy atom. The molecule has 2 rings (SSSR count). The lowest BCUT2D eigenvalue weighted by Gasteiger charge is -2.08. The zero-order chi connectivity index (χ0) is 13.8. The summed E-state index contributed by atoms with van der Waals surface area (Å²) in [4.78, 5) is 7.47. The highest BCUT2D eigenvalue weighted by Gasteiger charge is 2.07. The summed E-state index contributed by atoms with van der Waals surface area (Å²) in [6.45, 7) is 0.420. The Labute approximate surface area is 124 Å². The van der Waals surface area contributed by atoms with Crippen molar-refractivity contribution in [3.63, 3.8) is 0 Å². The van der Waals surface area contributed by atoms with Crippen molar-refractivity contribution in [3.05, 3.63) is 56.3 Å². The second kappa shape index (κ2) is 6.36. The maximum Gasteiger partial charge on any atom is 0.144 e. The molecule has 1 aromatic heterocycles. The predicted molar refractivity (Wildman–Crippen MR) is 77.0 cm³/mol. The van der Waals surface area contributed by atoms with Crippen LogP contribution in [0.1, 0.15) is 17.1 Å². The molecule has 0 amide bonds. The van der Waals surface area contributed by atoms with Gasteiger partial charge in [0.25, 0.3) is 0 Å². The molecular formula is C13H12BrFN2OS. The number of H-pyrrole nitrogens is 1. The van der Waals surface area contributed by atoms with Gasteiger partial charge in [-0.05, 0) is 33.6 Å². The van der Waals surface area contributed by atoms with Crippen LogP contribution in [-0.2, 0) is 17.8 Å². The number of nitrogens with zero attached hydrogens (tertiary/aromatic N) is 1. The molecule has 0 saturated heterocycles. The summed E-state index contributed by atoms with van der Waals surface area (Å²) in [6.07, 6.45) is 0.563. The summed E-state index contributed by atoms with van der Waals surface area (Å²) in [5.74, 6) is 0.479. The van der Waals surface area contributed by atoms with Crippen LogP contribution in [0, 0.1) is 10.5 Å². The third-order valence-corrected chi connectivity index (χ3v) is 3.97. The topological polar surface area (TPSA) is 37.9 Å². The highest BCUT2D eigenvalue weighted by Crippen LogP contribution is 2.17. The van der Waals surface area contributed by atoms with E-state index in [1.54, 1.807) is 19.2 Å². The minimum atomic E-state index is -0.250. The van der Waals surface area contributed by atoms with Crippen LogP contribution in [0.2, 0.25) is 0 Å². The van der Waals surface area contributed by atoms with Gasteiger partial charge in [-0.2, -0.15) is 0 Å². The third-order valence-electron chi connectivity index (χ3n) is 2.56. The minimum Gasteiger partial charge on any atom is -0.378 e. The van der Waals surface area contributed by atoms with Crippen LogP contribution in [0.15, 0.2) is 28.7 Å². The summed E-state index contributed by atoms with van der Waals surface area (Å²) in [6, 6.07) is 6.32. The number of halogens is 2. The first-order chi connectivity index (χ1) is 9.10. The number of aromatic amines is 1. The Morgan fingerprint density at radius 2 is 2.05 bits per heavy atom. The van der Waals surface area contributed by atoms with E-state index in [-0.39, 0.29) is 5.82 Å². The fourth-order valence-corrected chi connectivity index (χ4v) is 2.22. The highest BCUT2D eigenvalue weighted by atomic mass is 79.9. The van der Waals surface area contributed by atoms with Crippen LogP contribution >= 0.6 is 28.1 Å². The van der Waals surface area contributed by atoms with Crippen molar-refractivity contribution in [2.45, 2.75) is 13.0 Å². The van der Waals surface area contributed by atoms with E-state index in [0.29, 0.717) is 17.7 Å². The second-order valence-corrected chi connectivity index (χ2v) is 5.20. The van der Waals surface area contributed by atoms with Crippen LogP contribution in [0.5, 0.6) is 0 Å². The number of rotatable bonds is 4. The zero-order valence-corrected chi connectivity index (χ0v) is 12.6. The molecule has 0 fully saturated rings. The average Bonchev–Trinajstić information content (AvgIpc) is 2.38. The number of benzene rings is 1. The fraction of sp³-hybridized carbons (Fsp3) is 0.231. The quantitative estimate of drug-likeness (QED) is 0.859. The SMILES string of the molecule is COCc1[nH]c(Cc2ccc(F)cc2)nc(=S)c1Br. The molecule has 0 spiro atoms. The number of hydrogen-bond acceptors (Lipinski definition) is 3. The summed E-state index contributed by atoms with van der Waals surface area (Å²) >= 11 is 8.57. The largest absolute Gasteiger partial charge is 0.378 e. The van der Waals surface area contributed by atoms with Crippen molar-refractivity contribution < 1.29 is 9.13 Å². The Morgan fingerprint density at radius 3 is 2.68 bits per heavy atom. The van der Waals surface area contributed by atoms with Gasteiger partial charge in [-0.3, -0.25) is 0 Å². The first-order valence-corrected chi connectivity index (χ1v) is 6.81. The normalized spacial score (nSPS) is 10.7. The first-order valence-electron chi connectivity index (χ1n) is 5.61. The molecule has 0 saturated carbocycles. The third kappa shape index (κ3) is 3.68. The highest BCUT2D eigenvalue weighted by molar-refractivity contribution is 9.10. The minimum absolute atomic E-state index is 0.250. The van der Waals surface area contributed by atoms with Crippen molar-refractivity contribution in [2.75, 3.05) is 7.11 Å². The summed E-state index contributed by atoms with van der Waals surface area (Å²) in [7, 11) is 1.61. The molecule has 3 nitrogen and oxygen atoms in total. The van der Waals surface area contributed by atoms with Crippen molar-refractivity contribution in [3.8, 4) is 0 Å². The molecule has 1 aromatic carbocycles. The van der Waals surface area contributed by atoms with Gasteiger partial charge in [-0.25, -0.2) is 9.37 Å². The lowest BCUT2D eigenvalue weighted by molar-refractivity contribution is 0.180. The Hall–Kier alpha value is -1.11. The van der Waals surface area contributed by atoms with E-state index in [2.05, 4.69) is 25.9 Å². The number of methoxy groups -OCH3 is 1. The lowest BCUT2D eigenvalue weighted by Crippen LogP contribution is -2.03. The maximum atomic E-state index is 12.8. The Bertz CT molecular complexity index is 628. The van der Waals surface area contributed by atoms with Crippen LogP contribution in [0.25, 0.3) is 0 Å². The van der Waals surface area contributed by atoms with Gasteiger partial charge < -0.3 is 9.72 Å². The van der Waals surface area contributed by atoms with E-state index in [4.69, 9.17) is 17.0 Å². The van der Waals surface area contributed by atoms with Crippen molar-refractivity contribution in [1.82, 2.24) is 9.97 Å². The Kier molecular flexibility index (Phi) is 4.79. The van der Waals surface area contributed by atoms with Gasteiger partial charge in [0.2, 0.25) is 0 Å². The van der Waals surface area contributed by atoms with E-state index in [1.807, 2.05) is 0 Å². The number of aromatic nitrogens is 2. The molecule has 0 unspecified atom stereocenters. The summed E-state index contributed by atoms with van der Waals surface area (Å²) in [5.41, 5.74) is 1.81. The van der Waals surface area contributed by atoms with Gasteiger partial charge in [0.1, 0.15) is 16.3 Å². The lowest BCUT2D eigenvalue weighted by atomic mass is 10.1. The molecule has 19 heavy (non-hydrogen) atoms. The Balaban J connectivity index is 2.30. The smallest absolute Gasteiger partial charge is 0.144 e. The van der Waals surface area contributed by atoms with E-state index < -0.39 is 0 Å². The number of nitrogens with one attached hydrogen (secondary N) is 1. The standard InChI is InChI=1S/C13H12BrFN2OS/c1-18-7-10-12(14)13(19)17-11(16-10)6-8-2-4-9(15)5-3-8/h2-5H,6-7H2,1H3,(H,16,17,19). The van der Waals surface area contributed by atoms with Gasteiger partial charge >= 0.3 is 0 Å². The molecule has 0 aliphatic heterocycles. The van der Waals surface area contributed by atoms with Gasteiger partial charge in [0.15, 0.2) is 0 Å². The second-order valence-electron chi connectivity index (χ2n) is 4.02.